The van der Waals surface area contributed by atoms with Crippen LogP contribution in [0.5, 0.6) is 0 Å². The molecule has 0 aliphatic carbocycles. The van der Waals surface area contributed by atoms with Crippen molar-refractivity contribution in [1.29, 1.82) is 0 Å². The maximum Gasteiger partial charge on any atom is 0.262 e. The molecule has 8 heteroatoms. The molecule has 0 spiro atoms. The van der Waals surface area contributed by atoms with Gasteiger partial charge in [0.25, 0.3) is 10.0 Å². The van der Waals surface area contributed by atoms with Crippen LogP contribution in [0.1, 0.15) is 40.5 Å². The van der Waals surface area contributed by atoms with Crippen molar-refractivity contribution in [3.8, 4) is 0 Å². The van der Waals surface area contributed by atoms with Crippen molar-refractivity contribution < 1.29 is 18.0 Å². The van der Waals surface area contributed by atoms with Crippen LogP contribution in [0.4, 0.5) is 17.1 Å². The number of sulfonamides is 1. The monoisotopic (exact) mass is 467 g/mol. The summed E-state index contributed by atoms with van der Waals surface area (Å²) in [5.74, 6) is -0.247. The van der Waals surface area contributed by atoms with Crippen molar-refractivity contribution in [2.45, 2.75) is 45.4 Å². The quantitative estimate of drug-likeness (QED) is 0.435. The van der Waals surface area contributed by atoms with Crippen molar-refractivity contribution in [2.75, 3.05) is 15.4 Å². The van der Waals surface area contributed by atoms with Crippen LogP contribution in [0.15, 0.2) is 65.6 Å². The Morgan fingerprint density at radius 2 is 1.42 bits per heavy atom. The number of hydrogen-bond donors (Lipinski definition) is 3. The number of benzene rings is 3. The Balaban J connectivity index is 1.86. The smallest absolute Gasteiger partial charge is 0.262 e. The van der Waals surface area contributed by atoms with Gasteiger partial charge in [-0.3, -0.25) is 14.3 Å². The number of rotatable bonds is 7. The molecule has 0 unspecified atom stereocenters. The number of carbonyl (C=O) groups excluding carboxylic acids is 2. The summed E-state index contributed by atoms with van der Waals surface area (Å²) >= 11 is 0. The maximum absolute atomic E-state index is 13.2. The average molecular weight is 468 g/mol. The van der Waals surface area contributed by atoms with Gasteiger partial charge in [-0.15, -0.1) is 0 Å². The minimum Gasteiger partial charge on any atom is -0.326 e. The van der Waals surface area contributed by atoms with E-state index in [-0.39, 0.29) is 16.7 Å². The number of nitrogens with one attached hydrogen (secondary N) is 3. The Hall–Kier alpha value is -3.39. The third-order valence-electron chi connectivity index (χ3n) is 5.00. The highest BCUT2D eigenvalue weighted by atomic mass is 32.2. The van der Waals surface area contributed by atoms with Gasteiger partial charge in [-0.1, -0.05) is 52.0 Å². The van der Waals surface area contributed by atoms with Crippen LogP contribution < -0.4 is 15.4 Å². The molecule has 0 aliphatic heterocycles. The van der Waals surface area contributed by atoms with E-state index in [1.807, 2.05) is 27.7 Å². The van der Waals surface area contributed by atoms with E-state index in [0.717, 1.165) is 6.42 Å². The number of anilines is 3. The van der Waals surface area contributed by atoms with Crippen LogP contribution in [0.2, 0.25) is 0 Å². The lowest BCUT2D eigenvalue weighted by Crippen LogP contribution is -2.27. The zero-order chi connectivity index (χ0) is 24.2. The molecule has 3 aromatic rings. The highest BCUT2D eigenvalue weighted by Crippen LogP contribution is 2.30. The Kier molecular flexibility index (Phi) is 7.07. The van der Waals surface area contributed by atoms with Crippen LogP contribution in [0, 0.1) is 5.41 Å². The molecule has 0 aliphatic rings. The number of amides is 2. The van der Waals surface area contributed by atoms with Crippen molar-refractivity contribution in [3.63, 3.8) is 0 Å². The lowest BCUT2D eigenvalue weighted by atomic mass is 9.95. The van der Waals surface area contributed by atoms with Crippen LogP contribution in [-0.4, -0.2) is 20.2 Å². The summed E-state index contributed by atoms with van der Waals surface area (Å²) in [7, 11) is -3.90. The van der Waals surface area contributed by atoms with Gasteiger partial charge in [0.15, 0.2) is 0 Å². The summed E-state index contributed by atoms with van der Waals surface area (Å²) < 4.78 is 28.9. The number of carbonyl (C=O) groups is 2. The van der Waals surface area contributed by atoms with E-state index in [9.17, 15) is 18.0 Å². The van der Waals surface area contributed by atoms with Crippen LogP contribution in [0.3, 0.4) is 0 Å². The molecule has 0 heterocycles. The van der Waals surface area contributed by atoms with Gasteiger partial charge in [-0.05, 0) is 42.8 Å². The molecule has 3 aromatic carbocycles. The summed E-state index contributed by atoms with van der Waals surface area (Å²) in [4.78, 5) is 24.3. The summed E-state index contributed by atoms with van der Waals surface area (Å²) in [6.45, 7) is 7.37. The molecular weight excluding hydrogens is 438 g/mol. The normalized spacial score (nSPS) is 11.8. The molecular formula is C25H29N3O4S. The molecule has 174 valence electrons. The zero-order valence-electron chi connectivity index (χ0n) is 19.2. The standard InChI is InChI=1S/C25H29N3O4S/c1-5-8-23(29)27-21-11-6-10-20-19(21)9-7-12-22(20)33(31,32)28-18-15-13-17(14-16-18)26-24(30)25(2,3)4/h6-7,9-16,28H,5,8H2,1-4H3,(H,26,30)(H,27,29). The zero-order valence-corrected chi connectivity index (χ0v) is 20.0. The van der Waals surface area contributed by atoms with Gasteiger partial charge in [0.05, 0.1) is 4.90 Å². The third-order valence-corrected chi connectivity index (χ3v) is 6.44. The van der Waals surface area contributed by atoms with E-state index in [4.69, 9.17) is 0 Å². The minimum absolute atomic E-state index is 0.108. The Bertz CT molecular complexity index is 1280. The Morgan fingerprint density at radius 1 is 0.818 bits per heavy atom. The molecule has 3 rings (SSSR count). The lowest BCUT2D eigenvalue weighted by molar-refractivity contribution is -0.123. The van der Waals surface area contributed by atoms with Gasteiger partial charge < -0.3 is 10.6 Å². The van der Waals surface area contributed by atoms with E-state index >= 15 is 0 Å². The minimum atomic E-state index is -3.90. The van der Waals surface area contributed by atoms with Crippen LogP contribution in [0.25, 0.3) is 10.8 Å². The molecule has 0 aromatic heterocycles. The van der Waals surface area contributed by atoms with Gasteiger partial charge >= 0.3 is 0 Å². The largest absolute Gasteiger partial charge is 0.326 e. The first kappa shape index (κ1) is 24.3. The molecule has 0 radical (unpaired) electrons. The SMILES string of the molecule is CCCC(=O)Nc1cccc2c(S(=O)(=O)Nc3ccc(NC(=O)C(C)(C)C)cc3)cccc12. The van der Waals surface area contributed by atoms with Gasteiger partial charge in [-0.25, -0.2) is 8.42 Å². The fourth-order valence-electron chi connectivity index (χ4n) is 3.21. The molecule has 7 nitrogen and oxygen atoms in total. The highest BCUT2D eigenvalue weighted by molar-refractivity contribution is 7.93. The molecule has 0 saturated heterocycles. The fourth-order valence-corrected chi connectivity index (χ4v) is 4.50. The van der Waals surface area contributed by atoms with Gasteiger partial charge in [0.2, 0.25) is 11.8 Å². The van der Waals surface area contributed by atoms with Crippen molar-refractivity contribution in [3.05, 3.63) is 60.7 Å². The Labute approximate surface area is 194 Å². The van der Waals surface area contributed by atoms with Gasteiger partial charge in [0.1, 0.15) is 0 Å². The van der Waals surface area contributed by atoms with Crippen LogP contribution >= 0.6 is 0 Å². The summed E-state index contributed by atoms with van der Waals surface area (Å²) in [6.07, 6.45) is 1.11. The summed E-state index contributed by atoms with van der Waals surface area (Å²) in [6, 6.07) is 16.6. The first-order valence-electron chi connectivity index (χ1n) is 10.8. The fraction of sp³-hybridized carbons (Fsp3) is 0.280. The second kappa shape index (κ2) is 9.62. The second-order valence-electron chi connectivity index (χ2n) is 8.84. The van der Waals surface area contributed by atoms with Crippen molar-refractivity contribution in [2.24, 2.45) is 5.41 Å². The molecule has 0 atom stereocenters. The van der Waals surface area contributed by atoms with Crippen LogP contribution in [-0.2, 0) is 19.6 Å². The summed E-state index contributed by atoms with van der Waals surface area (Å²) in [5, 5.41) is 6.82. The van der Waals surface area contributed by atoms with E-state index < -0.39 is 15.4 Å². The first-order valence-corrected chi connectivity index (χ1v) is 12.3. The van der Waals surface area contributed by atoms with E-state index in [1.165, 1.54) is 6.07 Å². The number of fused-ring (bicyclic) bond motifs is 1. The number of hydrogen-bond acceptors (Lipinski definition) is 4. The lowest BCUT2D eigenvalue weighted by Gasteiger charge is -2.18. The molecule has 0 bridgehead atoms. The molecule has 33 heavy (non-hydrogen) atoms. The van der Waals surface area contributed by atoms with Crippen molar-refractivity contribution in [1.82, 2.24) is 0 Å². The predicted octanol–water partition coefficient (Wildman–Crippen LogP) is 5.36. The summed E-state index contributed by atoms with van der Waals surface area (Å²) in [5.41, 5.74) is 0.981. The topological polar surface area (TPSA) is 104 Å². The second-order valence-corrected chi connectivity index (χ2v) is 10.5. The molecule has 0 fully saturated rings. The van der Waals surface area contributed by atoms with Gasteiger partial charge in [-0.2, -0.15) is 0 Å². The molecule has 3 N–H and O–H groups in total. The third kappa shape index (κ3) is 5.90. The average Bonchev–Trinajstić information content (AvgIpc) is 2.74. The van der Waals surface area contributed by atoms with E-state index in [2.05, 4.69) is 15.4 Å². The van der Waals surface area contributed by atoms with E-state index in [0.29, 0.717) is 34.3 Å². The Morgan fingerprint density at radius 3 is 2.06 bits per heavy atom. The molecule has 2 amide bonds. The molecule has 0 saturated carbocycles. The van der Waals surface area contributed by atoms with Crippen molar-refractivity contribution >= 4 is 49.7 Å². The predicted molar refractivity (Wildman–Crippen MR) is 133 cm³/mol. The van der Waals surface area contributed by atoms with E-state index in [1.54, 1.807) is 54.6 Å². The highest BCUT2D eigenvalue weighted by Gasteiger charge is 2.22. The first-order chi connectivity index (χ1) is 15.5. The van der Waals surface area contributed by atoms with Gasteiger partial charge in [0, 0.05) is 39.7 Å². The maximum atomic E-state index is 13.2.